The van der Waals surface area contributed by atoms with Crippen LogP contribution in [-0.4, -0.2) is 53.2 Å². The summed E-state index contributed by atoms with van der Waals surface area (Å²) in [4.78, 5) is 18.5. The molecule has 3 rings (SSSR count). The lowest BCUT2D eigenvalue weighted by Gasteiger charge is -2.38. The van der Waals surface area contributed by atoms with Crippen molar-refractivity contribution in [1.82, 2.24) is 9.80 Å². The van der Waals surface area contributed by atoms with Gasteiger partial charge in [-0.3, -0.25) is 9.69 Å². The van der Waals surface area contributed by atoms with Gasteiger partial charge in [0.05, 0.1) is 0 Å². The Morgan fingerprint density at radius 3 is 2.54 bits per heavy atom. The third-order valence-corrected chi connectivity index (χ3v) is 6.54. The Labute approximate surface area is 150 Å². The van der Waals surface area contributed by atoms with Gasteiger partial charge in [0.2, 0.25) is 5.91 Å². The number of thioether (sulfide) groups is 1. The Kier molecular flexibility index (Phi) is 6.61. The normalized spacial score (nSPS) is 22.9. The molecule has 1 atom stereocenters. The highest BCUT2D eigenvalue weighted by Crippen LogP contribution is 2.26. The summed E-state index contributed by atoms with van der Waals surface area (Å²) in [5.74, 6) is 1.38. The van der Waals surface area contributed by atoms with Crippen LogP contribution in [0, 0.1) is 0 Å². The highest BCUT2D eigenvalue weighted by atomic mass is 32.2. The fourth-order valence-corrected chi connectivity index (χ4v) is 4.91. The maximum absolute atomic E-state index is 12.4. The third kappa shape index (κ3) is 4.76. The molecule has 2 fully saturated rings. The highest BCUT2D eigenvalue weighted by molar-refractivity contribution is 7.99. The Bertz CT molecular complexity index is 514. The van der Waals surface area contributed by atoms with Crippen LogP contribution in [0.4, 0.5) is 0 Å². The fourth-order valence-electron chi connectivity index (χ4n) is 4.03. The van der Waals surface area contributed by atoms with Crippen LogP contribution in [0.2, 0.25) is 0 Å². The summed E-state index contributed by atoms with van der Waals surface area (Å²) in [6, 6.07) is 11.9. The van der Waals surface area contributed by atoms with Gasteiger partial charge in [-0.05, 0) is 63.5 Å². The summed E-state index contributed by atoms with van der Waals surface area (Å²) in [6.07, 6.45) is 6.69. The summed E-state index contributed by atoms with van der Waals surface area (Å²) >= 11 is 1.85. The van der Waals surface area contributed by atoms with E-state index in [0.717, 1.165) is 44.1 Å². The van der Waals surface area contributed by atoms with E-state index in [2.05, 4.69) is 41.0 Å². The van der Waals surface area contributed by atoms with E-state index in [9.17, 15) is 4.79 Å². The monoisotopic (exact) mass is 346 g/mol. The largest absolute Gasteiger partial charge is 0.343 e. The van der Waals surface area contributed by atoms with Gasteiger partial charge in [0.25, 0.3) is 0 Å². The van der Waals surface area contributed by atoms with E-state index < -0.39 is 0 Å². The molecule has 0 saturated carbocycles. The number of hydrogen-bond acceptors (Lipinski definition) is 3. The molecule has 4 heteroatoms. The summed E-state index contributed by atoms with van der Waals surface area (Å²) in [6.45, 7) is 5.53. The van der Waals surface area contributed by atoms with Gasteiger partial charge in [0.15, 0.2) is 0 Å². The lowest BCUT2D eigenvalue weighted by atomic mass is 10.0. The fraction of sp³-hybridized carbons (Fsp3) is 0.650. The molecule has 0 aromatic heterocycles. The van der Waals surface area contributed by atoms with Crippen LogP contribution in [0.3, 0.4) is 0 Å². The van der Waals surface area contributed by atoms with Gasteiger partial charge in [0, 0.05) is 36.5 Å². The first-order valence-corrected chi connectivity index (χ1v) is 10.4. The molecule has 1 aromatic rings. The molecule has 0 N–H and O–H groups in total. The molecule has 24 heavy (non-hydrogen) atoms. The van der Waals surface area contributed by atoms with Gasteiger partial charge in [-0.2, -0.15) is 0 Å². The van der Waals surface area contributed by atoms with Crippen LogP contribution in [0.5, 0.6) is 0 Å². The number of rotatable bonds is 6. The molecule has 132 valence electrons. The predicted molar refractivity (Wildman–Crippen MR) is 101 cm³/mol. The molecule has 2 saturated heterocycles. The number of amides is 1. The van der Waals surface area contributed by atoms with E-state index in [1.807, 2.05) is 17.8 Å². The molecule has 0 radical (unpaired) electrons. The van der Waals surface area contributed by atoms with Crippen LogP contribution < -0.4 is 0 Å². The van der Waals surface area contributed by atoms with Crippen molar-refractivity contribution in [3.8, 4) is 0 Å². The second-order valence-corrected chi connectivity index (χ2v) is 8.27. The van der Waals surface area contributed by atoms with E-state index in [4.69, 9.17) is 0 Å². The molecular formula is C20H30N2OS. The van der Waals surface area contributed by atoms with E-state index in [0.29, 0.717) is 18.4 Å². The first kappa shape index (κ1) is 17.8. The molecule has 1 aromatic carbocycles. The predicted octanol–water partition coefficient (Wildman–Crippen LogP) is 4.03. The summed E-state index contributed by atoms with van der Waals surface area (Å²) in [7, 11) is 0. The minimum absolute atomic E-state index is 0.358. The molecule has 0 unspecified atom stereocenters. The molecule has 2 heterocycles. The van der Waals surface area contributed by atoms with Crippen LogP contribution in [0.1, 0.15) is 45.4 Å². The van der Waals surface area contributed by atoms with E-state index in [1.54, 1.807) is 0 Å². The van der Waals surface area contributed by atoms with Crippen LogP contribution in [0.25, 0.3) is 0 Å². The second-order valence-electron chi connectivity index (χ2n) is 7.11. The van der Waals surface area contributed by atoms with E-state index in [1.165, 1.54) is 24.3 Å². The Balaban J connectivity index is 1.33. The van der Waals surface area contributed by atoms with Crippen molar-refractivity contribution < 1.29 is 4.79 Å². The second kappa shape index (κ2) is 8.91. The van der Waals surface area contributed by atoms with Crippen molar-refractivity contribution >= 4 is 17.7 Å². The van der Waals surface area contributed by atoms with Crippen molar-refractivity contribution in [2.45, 2.75) is 62.4 Å². The topological polar surface area (TPSA) is 23.6 Å². The third-order valence-electron chi connectivity index (χ3n) is 5.44. The van der Waals surface area contributed by atoms with Crippen molar-refractivity contribution in [1.29, 1.82) is 0 Å². The van der Waals surface area contributed by atoms with Gasteiger partial charge in [0.1, 0.15) is 0 Å². The number of piperidine rings is 1. The lowest BCUT2D eigenvalue weighted by Crippen LogP contribution is -2.47. The van der Waals surface area contributed by atoms with E-state index in [-0.39, 0.29) is 0 Å². The SMILES string of the molecule is C[C@H]1CCCN1C1CCN(C(=O)CCCSc2ccccc2)CC1. The van der Waals surface area contributed by atoms with Crippen molar-refractivity contribution in [3.05, 3.63) is 30.3 Å². The van der Waals surface area contributed by atoms with Gasteiger partial charge in [-0.15, -0.1) is 11.8 Å². The minimum atomic E-state index is 0.358. The zero-order valence-electron chi connectivity index (χ0n) is 14.8. The number of carbonyl (C=O) groups is 1. The Morgan fingerprint density at radius 1 is 1.12 bits per heavy atom. The molecule has 1 amide bonds. The highest BCUT2D eigenvalue weighted by Gasteiger charge is 2.31. The number of benzene rings is 1. The molecule has 0 aliphatic carbocycles. The van der Waals surface area contributed by atoms with Crippen molar-refractivity contribution in [3.63, 3.8) is 0 Å². The van der Waals surface area contributed by atoms with Gasteiger partial charge in [-0.1, -0.05) is 18.2 Å². The van der Waals surface area contributed by atoms with Crippen LogP contribution in [-0.2, 0) is 4.79 Å². The lowest BCUT2D eigenvalue weighted by molar-refractivity contribution is -0.132. The number of nitrogens with zero attached hydrogens (tertiary/aromatic N) is 2. The van der Waals surface area contributed by atoms with E-state index >= 15 is 0 Å². The Hall–Kier alpha value is -1.00. The zero-order chi connectivity index (χ0) is 16.8. The maximum atomic E-state index is 12.4. The van der Waals surface area contributed by atoms with Crippen molar-refractivity contribution in [2.75, 3.05) is 25.4 Å². The molecule has 3 nitrogen and oxygen atoms in total. The summed E-state index contributed by atoms with van der Waals surface area (Å²) < 4.78 is 0. The standard InChI is InChI=1S/C20H30N2OS/c1-17-7-5-13-22(17)18-11-14-21(15-12-18)20(23)10-6-16-24-19-8-3-2-4-9-19/h2-4,8-9,17-18H,5-7,10-16H2,1H3/t17-/m0/s1. The molecule has 2 aliphatic heterocycles. The van der Waals surface area contributed by atoms with Gasteiger partial charge < -0.3 is 4.90 Å². The minimum Gasteiger partial charge on any atom is -0.343 e. The van der Waals surface area contributed by atoms with Gasteiger partial charge in [-0.25, -0.2) is 0 Å². The first-order valence-electron chi connectivity index (χ1n) is 9.45. The molecule has 2 aliphatic rings. The number of carbonyl (C=O) groups excluding carboxylic acids is 1. The quantitative estimate of drug-likeness (QED) is 0.574. The average Bonchev–Trinajstić information content (AvgIpc) is 3.05. The Morgan fingerprint density at radius 2 is 1.88 bits per heavy atom. The molecule has 0 bridgehead atoms. The van der Waals surface area contributed by atoms with Crippen molar-refractivity contribution in [2.24, 2.45) is 0 Å². The van der Waals surface area contributed by atoms with Gasteiger partial charge >= 0.3 is 0 Å². The summed E-state index contributed by atoms with van der Waals surface area (Å²) in [5, 5.41) is 0. The van der Waals surface area contributed by atoms with Crippen LogP contribution >= 0.6 is 11.8 Å². The van der Waals surface area contributed by atoms with Crippen LogP contribution in [0.15, 0.2) is 35.2 Å². The molecular weight excluding hydrogens is 316 g/mol. The smallest absolute Gasteiger partial charge is 0.222 e. The average molecular weight is 347 g/mol. The zero-order valence-corrected chi connectivity index (χ0v) is 15.6. The maximum Gasteiger partial charge on any atom is 0.222 e. The first-order chi connectivity index (χ1) is 11.7. The number of likely N-dealkylation sites (tertiary alicyclic amines) is 2. The molecule has 0 spiro atoms. The number of hydrogen-bond donors (Lipinski definition) is 0. The summed E-state index contributed by atoms with van der Waals surface area (Å²) in [5.41, 5.74) is 0.